The molecule has 2 heterocycles. The van der Waals surface area contributed by atoms with E-state index < -0.39 is 0 Å². The van der Waals surface area contributed by atoms with E-state index >= 15 is 0 Å². The van der Waals surface area contributed by atoms with Crippen LogP contribution in [0.5, 0.6) is 0 Å². The Labute approximate surface area is 172 Å². The molecule has 3 rings (SSSR count). The smallest absolute Gasteiger partial charge is 0.323 e. The number of piperidine rings is 1. The van der Waals surface area contributed by atoms with Gasteiger partial charge in [0.2, 0.25) is 0 Å². The fourth-order valence-corrected chi connectivity index (χ4v) is 3.58. The van der Waals surface area contributed by atoms with Crippen molar-refractivity contribution in [3.63, 3.8) is 0 Å². The van der Waals surface area contributed by atoms with E-state index in [2.05, 4.69) is 39.5 Å². The minimum absolute atomic E-state index is 0.101. The number of esters is 1. The average Bonchev–Trinajstić information content (AvgIpc) is 2.74. The van der Waals surface area contributed by atoms with Gasteiger partial charge in [-0.1, -0.05) is 48.4 Å². The highest BCUT2D eigenvalue weighted by molar-refractivity contribution is 6.29. The second-order valence-electron chi connectivity index (χ2n) is 7.14. The van der Waals surface area contributed by atoms with Gasteiger partial charge < -0.3 is 10.1 Å². The standard InChI is InChI=1S/C22H28ClN3O2/c23-21-13-12-19(16-24-21)25-17-26-14-6-4-11-20(26)22(27)28-15-7-5-10-18-8-2-1-3-9-18/h1-3,8-9,12-13,16,20,25H,4-7,10-11,14-15,17H2/t20-/m0/s1. The molecule has 1 aliphatic rings. The lowest BCUT2D eigenvalue weighted by Gasteiger charge is -2.34. The molecule has 1 N–H and O–H groups in total. The third-order valence-corrected chi connectivity index (χ3v) is 5.27. The highest BCUT2D eigenvalue weighted by atomic mass is 35.5. The normalized spacial score (nSPS) is 17.2. The van der Waals surface area contributed by atoms with Crippen LogP contribution in [0.3, 0.4) is 0 Å². The average molecular weight is 402 g/mol. The van der Waals surface area contributed by atoms with Crippen LogP contribution < -0.4 is 5.32 Å². The lowest BCUT2D eigenvalue weighted by Crippen LogP contribution is -2.47. The number of nitrogens with one attached hydrogen (secondary N) is 1. The van der Waals surface area contributed by atoms with Gasteiger partial charge in [-0.15, -0.1) is 0 Å². The minimum atomic E-state index is -0.171. The fourth-order valence-electron chi connectivity index (χ4n) is 3.47. The number of ether oxygens (including phenoxy) is 1. The number of likely N-dealkylation sites (tertiary alicyclic amines) is 1. The molecular weight excluding hydrogens is 374 g/mol. The van der Waals surface area contributed by atoms with Crippen molar-refractivity contribution in [3.05, 3.63) is 59.4 Å². The van der Waals surface area contributed by atoms with E-state index in [0.717, 1.165) is 50.8 Å². The first-order chi connectivity index (χ1) is 13.7. The number of pyridine rings is 1. The van der Waals surface area contributed by atoms with Gasteiger partial charge in [0.1, 0.15) is 11.2 Å². The van der Waals surface area contributed by atoms with Crippen molar-refractivity contribution < 1.29 is 9.53 Å². The van der Waals surface area contributed by atoms with E-state index in [9.17, 15) is 4.79 Å². The maximum atomic E-state index is 12.6. The zero-order chi connectivity index (χ0) is 19.6. The Morgan fingerprint density at radius 3 is 2.82 bits per heavy atom. The minimum Gasteiger partial charge on any atom is -0.465 e. The Hall–Kier alpha value is -2.11. The summed E-state index contributed by atoms with van der Waals surface area (Å²) in [6, 6.07) is 13.9. The second kappa shape index (κ2) is 11.0. The van der Waals surface area contributed by atoms with Gasteiger partial charge in [0.25, 0.3) is 0 Å². The van der Waals surface area contributed by atoms with Gasteiger partial charge in [0.15, 0.2) is 0 Å². The van der Waals surface area contributed by atoms with Crippen LogP contribution in [0.15, 0.2) is 48.7 Å². The van der Waals surface area contributed by atoms with E-state index in [1.54, 1.807) is 12.3 Å². The van der Waals surface area contributed by atoms with E-state index in [-0.39, 0.29) is 12.0 Å². The van der Waals surface area contributed by atoms with Crippen LogP contribution in [0.25, 0.3) is 0 Å². The van der Waals surface area contributed by atoms with Crippen LogP contribution in [-0.2, 0) is 16.0 Å². The summed E-state index contributed by atoms with van der Waals surface area (Å²) in [5.41, 5.74) is 2.22. The van der Waals surface area contributed by atoms with Crippen LogP contribution in [0, 0.1) is 0 Å². The number of aromatic nitrogens is 1. The van der Waals surface area contributed by atoms with E-state index in [1.807, 2.05) is 12.1 Å². The zero-order valence-corrected chi connectivity index (χ0v) is 16.9. The number of carbonyl (C=O) groups is 1. The summed E-state index contributed by atoms with van der Waals surface area (Å²) in [4.78, 5) is 18.8. The number of hydrogen-bond acceptors (Lipinski definition) is 5. The Balaban J connectivity index is 1.39. The second-order valence-corrected chi connectivity index (χ2v) is 7.53. The summed E-state index contributed by atoms with van der Waals surface area (Å²) in [5, 5.41) is 3.79. The summed E-state index contributed by atoms with van der Waals surface area (Å²) in [6.45, 7) is 1.98. The van der Waals surface area contributed by atoms with Crippen molar-refractivity contribution in [1.82, 2.24) is 9.88 Å². The van der Waals surface area contributed by atoms with Gasteiger partial charge in [0.05, 0.1) is 25.2 Å². The van der Waals surface area contributed by atoms with Gasteiger partial charge in [-0.25, -0.2) is 4.98 Å². The van der Waals surface area contributed by atoms with Crippen molar-refractivity contribution in [2.24, 2.45) is 0 Å². The largest absolute Gasteiger partial charge is 0.465 e. The third kappa shape index (κ3) is 6.50. The molecule has 6 heteroatoms. The molecule has 0 bridgehead atoms. The van der Waals surface area contributed by atoms with E-state index in [1.165, 1.54) is 5.56 Å². The Bertz CT molecular complexity index is 724. The first kappa shape index (κ1) is 20.6. The maximum Gasteiger partial charge on any atom is 0.323 e. The predicted molar refractivity (Wildman–Crippen MR) is 112 cm³/mol. The molecule has 1 aromatic heterocycles. The predicted octanol–water partition coefficient (Wildman–Crippen LogP) is 4.53. The van der Waals surface area contributed by atoms with Gasteiger partial charge in [-0.05, 0) is 49.8 Å². The number of carbonyl (C=O) groups excluding carboxylic acids is 1. The first-order valence-electron chi connectivity index (χ1n) is 10.0. The maximum absolute atomic E-state index is 12.6. The molecule has 0 spiro atoms. The molecule has 1 fully saturated rings. The van der Waals surface area contributed by atoms with Crippen molar-refractivity contribution in [2.45, 2.75) is 44.6 Å². The summed E-state index contributed by atoms with van der Waals surface area (Å²) >= 11 is 5.82. The van der Waals surface area contributed by atoms with Crippen LogP contribution in [0.2, 0.25) is 5.15 Å². The highest BCUT2D eigenvalue weighted by Gasteiger charge is 2.29. The van der Waals surface area contributed by atoms with Crippen molar-refractivity contribution >= 4 is 23.3 Å². The number of anilines is 1. The monoisotopic (exact) mass is 401 g/mol. The number of aryl methyl sites for hydroxylation is 1. The third-order valence-electron chi connectivity index (χ3n) is 5.05. The number of unbranched alkanes of at least 4 members (excludes halogenated alkanes) is 1. The molecule has 0 aliphatic carbocycles. The van der Waals surface area contributed by atoms with Crippen LogP contribution in [0.1, 0.15) is 37.7 Å². The highest BCUT2D eigenvalue weighted by Crippen LogP contribution is 2.19. The number of nitrogens with zero attached hydrogens (tertiary/aromatic N) is 2. The molecule has 1 aromatic carbocycles. The Morgan fingerprint density at radius 2 is 2.04 bits per heavy atom. The Morgan fingerprint density at radius 1 is 1.18 bits per heavy atom. The van der Waals surface area contributed by atoms with Crippen LogP contribution in [0.4, 0.5) is 5.69 Å². The fraction of sp³-hybridized carbons (Fsp3) is 0.455. The van der Waals surface area contributed by atoms with Crippen molar-refractivity contribution in [3.8, 4) is 0 Å². The molecule has 0 saturated carbocycles. The molecule has 1 aliphatic heterocycles. The molecule has 28 heavy (non-hydrogen) atoms. The molecule has 5 nitrogen and oxygen atoms in total. The Kier molecular flexibility index (Phi) is 8.12. The first-order valence-corrected chi connectivity index (χ1v) is 10.4. The molecule has 0 amide bonds. The van der Waals surface area contributed by atoms with E-state index in [4.69, 9.17) is 16.3 Å². The molecule has 1 saturated heterocycles. The molecule has 150 valence electrons. The number of rotatable bonds is 9. The van der Waals surface area contributed by atoms with Gasteiger partial charge in [-0.3, -0.25) is 9.69 Å². The summed E-state index contributed by atoms with van der Waals surface area (Å²) in [6.07, 6.45) is 7.65. The number of halogens is 1. The quantitative estimate of drug-likeness (QED) is 0.380. The molecular formula is C22H28ClN3O2. The lowest BCUT2D eigenvalue weighted by atomic mass is 10.0. The van der Waals surface area contributed by atoms with Gasteiger partial charge >= 0.3 is 5.97 Å². The summed E-state index contributed by atoms with van der Waals surface area (Å²) in [5.74, 6) is -0.101. The van der Waals surface area contributed by atoms with Gasteiger partial charge in [0, 0.05) is 6.54 Å². The van der Waals surface area contributed by atoms with Crippen LogP contribution >= 0.6 is 11.6 Å². The number of hydrogen-bond donors (Lipinski definition) is 1. The molecule has 2 aromatic rings. The molecule has 0 radical (unpaired) electrons. The number of benzene rings is 1. The summed E-state index contributed by atoms with van der Waals surface area (Å²) < 4.78 is 5.58. The van der Waals surface area contributed by atoms with Crippen molar-refractivity contribution in [2.75, 3.05) is 25.1 Å². The topological polar surface area (TPSA) is 54.5 Å². The van der Waals surface area contributed by atoms with Gasteiger partial charge in [-0.2, -0.15) is 0 Å². The molecule has 0 unspecified atom stereocenters. The summed E-state index contributed by atoms with van der Waals surface area (Å²) in [7, 11) is 0. The zero-order valence-electron chi connectivity index (χ0n) is 16.1. The SMILES string of the molecule is O=C(OCCCCc1ccccc1)[C@@H]1CCCCN1CNc1ccc(Cl)nc1. The molecule has 1 atom stereocenters. The van der Waals surface area contributed by atoms with Crippen LogP contribution in [-0.4, -0.2) is 41.7 Å². The van der Waals surface area contributed by atoms with E-state index in [0.29, 0.717) is 18.4 Å². The lowest BCUT2D eigenvalue weighted by molar-refractivity contribution is -0.151. The van der Waals surface area contributed by atoms with Crippen molar-refractivity contribution in [1.29, 1.82) is 0 Å².